The van der Waals surface area contributed by atoms with Gasteiger partial charge in [0, 0.05) is 11.4 Å². The van der Waals surface area contributed by atoms with Crippen LogP contribution in [0.1, 0.15) is 29.6 Å². The summed E-state index contributed by atoms with van der Waals surface area (Å²) in [5.41, 5.74) is 3.27. The van der Waals surface area contributed by atoms with Crippen LogP contribution in [0.2, 0.25) is 0 Å². The SMILES string of the molecule is COC(=O)C1=C(C)N(c2cccc(C)c2)C(=O)/C1=C/c1ccc(CNS(=O)(=O)c2ccc(C)cc2)o1. The van der Waals surface area contributed by atoms with Crippen LogP contribution < -0.4 is 9.62 Å². The number of sulfonamides is 1. The van der Waals surface area contributed by atoms with Crippen molar-refractivity contribution in [3.63, 3.8) is 0 Å². The zero-order chi connectivity index (χ0) is 26.0. The van der Waals surface area contributed by atoms with Gasteiger partial charge in [0.15, 0.2) is 0 Å². The van der Waals surface area contributed by atoms with E-state index in [4.69, 9.17) is 9.15 Å². The summed E-state index contributed by atoms with van der Waals surface area (Å²) in [6, 6.07) is 17.1. The molecule has 4 rings (SSSR count). The molecule has 2 aromatic carbocycles. The summed E-state index contributed by atoms with van der Waals surface area (Å²) in [5.74, 6) is -0.390. The normalized spacial score (nSPS) is 15.2. The second-order valence-electron chi connectivity index (χ2n) is 8.43. The predicted molar refractivity (Wildman–Crippen MR) is 135 cm³/mol. The van der Waals surface area contributed by atoms with Crippen LogP contribution in [0.25, 0.3) is 6.08 Å². The molecular formula is C27H26N2O6S. The van der Waals surface area contributed by atoms with Gasteiger partial charge in [-0.3, -0.25) is 9.69 Å². The molecule has 36 heavy (non-hydrogen) atoms. The van der Waals surface area contributed by atoms with Crippen molar-refractivity contribution in [1.29, 1.82) is 0 Å². The van der Waals surface area contributed by atoms with Crippen molar-refractivity contribution in [2.24, 2.45) is 0 Å². The third kappa shape index (κ3) is 5.02. The molecular weight excluding hydrogens is 480 g/mol. The Balaban J connectivity index is 1.60. The fraction of sp³-hybridized carbons (Fsp3) is 0.185. The lowest BCUT2D eigenvalue weighted by Gasteiger charge is -2.18. The fourth-order valence-corrected chi connectivity index (χ4v) is 4.93. The molecule has 1 aliphatic heterocycles. The monoisotopic (exact) mass is 506 g/mol. The van der Waals surface area contributed by atoms with Gasteiger partial charge in [-0.2, -0.15) is 0 Å². The third-order valence-electron chi connectivity index (χ3n) is 5.79. The number of benzene rings is 2. The highest BCUT2D eigenvalue weighted by molar-refractivity contribution is 7.89. The molecule has 186 valence electrons. The van der Waals surface area contributed by atoms with Gasteiger partial charge >= 0.3 is 5.97 Å². The zero-order valence-electron chi connectivity index (χ0n) is 20.4. The molecule has 8 nitrogen and oxygen atoms in total. The summed E-state index contributed by atoms with van der Waals surface area (Å²) >= 11 is 0. The lowest BCUT2D eigenvalue weighted by atomic mass is 10.1. The van der Waals surface area contributed by atoms with E-state index in [0.717, 1.165) is 11.1 Å². The van der Waals surface area contributed by atoms with Gasteiger partial charge in [0.2, 0.25) is 10.0 Å². The molecule has 0 aliphatic carbocycles. The molecule has 1 N–H and O–H groups in total. The van der Waals surface area contributed by atoms with Crippen molar-refractivity contribution in [1.82, 2.24) is 4.72 Å². The number of carbonyl (C=O) groups excluding carboxylic acids is 2. The molecule has 0 saturated heterocycles. The standard InChI is InChI=1S/C27H26N2O6S/c1-17-8-12-23(13-9-17)36(32,33)28-16-22-11-10-21(35-22)15-24-25(27(31)34-4)19(3)29(26(24)30)20-7-5-6-18(2)14-20/h5-15,28H,16H2,1-4H3/b24-15+. The molecule has 1 aromatic heterocycles. The minimum atomic E-state index is -3.72. The number of ether oxygens (including phenoxy) is 1. The van der Waals surface area contributed by atoms with Crippen molar-refractivity contribution in [3.05, 3.63) is 100 Å². The lowest BCUT2D eigenvalue weighted by Crippen LogP contribution is -2.24. The van der Waals surface area contributed by atoms with Crippen molar-refractivity contribution in [2.45, 2.75) is 32.2 Å². The van der Waals surface area contributed by atoms with Gasteiger partial charge in [0.1, 0.15) is 11.5 Å². The first-order valence-electron chi connectivity index (χ1n) is 11.2. The van der Waals surface area contributed by atoms with E-state index in [-0.39, 0.29) is 22.6 Å². The number of nitrogens with zero attached hydrogens (tertiary/aromatic N) is 1. The van der Waals surface area contributed by atoms with Gasteiger partial charge in [-0.05, 0) is 68.8 Å². The summed E-state index contributed by atoms with van der Waals surface area (Å²) in [6.45, 7) is 5.39. The molecule has 3 aromatic rings. The molecule has 9 heteroatoms. The van der Waals surface area contributed by atoms with Crippen LogP contribution in [-0.4, -0.2) is 27.4 Å². The van der Waals surface area contributed by atoms with E-state index in [1.165, 1.54) is 30.2 Å². The Labute approximate surface area is 209 Å². The molecule has 1 amide bonds. The van der Waals surface area contributed by atoms with Crippen LogP contribution in [-0.2, 0) is 30.9 Å². The van der Waals surface area contributed by atoms with Crippen LogP contribution in [0.3, 0.4) is 0 Å². The largest absolute Gasteiger partial charge is 0.465 e. The van der Waals surface area contributed by atoms with E-state index in [2.05, 4.69) is 4.72 Å². The van der Waals surface area contributed by atoms with Gasteiger partial charge in [0.05, 0.1) is 29.7 Å². The van der Waals surface area contributed by atoms with Gasteiger partial charge < -0.3 is 9.15 Å². The number of carbonyl (C=O) groups is 2. The molecule has 0 spiro atoms. The quantitative estimate of drug-likeness (QED) is 0.379. The smallest absolute Gasteiger partial charge is 0.340 e. The number of amides is 1. The van der Waals surface area contributed by atoms with Crippen molar-refractivity contribution in [2.75, 3.05) is 12.0 Å². The minimum absolute atomic E-state index is 0.0819. The number of nitrogens with one attached hydrogen (secondary N) is 1. The lowest BCUT2D eigenvalue weighted by molar-refractivity contribution is -0.136. The average Bonchev–Trinajstić information content (AvgIpc) is 3.39. The number of hydrogen-bond donors (Lipinski definition) is 1. The van der Waals surface area contributed by atoms with E-state index in [1.54, 1.807) is 37.3 Å². The number of anilines is 1. The Kier molecular flexibility index (Phi) is 6.96. The summed E-state index contributed by atoms with van der Waals surface area (Å²) in [6.07, 6.45) is 1.46. The second-order valence-corrected chi connectivity index (χ2v) is 10.2. The Morgan fingerprint density at radius 2 is 1.75 bits per heavy atom. The molecule has 2 heterocycles. The molecule has 0 saturated carbocycles. The number of hydrogen-bond acceptors (Lipinski definition) is 6. The van der Waals surface area contributed by atoms with Crippen LogP contribution in [0.5, 0.6) is 0 Å². The Morgan fingerprint density at radius 1 is 1.03 bits per heavy atom. The first kappa shape index (κ1) is 25.2. The predicted octanol–water partition coefficient (Wildman–Crippen LogP) is 4.25. The van der Waals surface area contributed by atoms with Crippen LogP contribution in [0, 0.1) is 13.8 Å². The number of rotatable bonds is 7. The van der Waals surface area contributed by atoms with E-state index in [9.17, 15) is 18.0 Å². The highest BCUT2D eigenvalue weighted by Gasteiger charge is 2.38. The van der Waals surface area contributed by atoms with Gasteiger partial charge in [-0.25, -0.2) is 17.9 Å². The maximum Gasteiger partial charge on any atom is 0.340 e. The van der Waals surface area contributed by atoms with Crippen molar-refractivity contribution < 1.29 is 27.2 Å². The van der Waals surface area contributed by atoms with Crippen LogP contribution in [0.15, 0.2) is 86.8 Å². The van der Waals surface area contributed by atoms with Crippen molar-refractivity contribution in [3.8, 4) is 0 Å². The topological polar surface area (TPSA) is 106 Å². The van der Waals surface area contributed by atoms with E-state index < -0.39 is 21.9 Å². The Bertz CT molecular complexity index is 1500. The number of furan rings is 1. The molecule has 0 fully saturated rings. The van der Waals surface area contributed by atoms with E-state index >= 15 is 0 Å². The Morgan fingerprint density at radius 3 is 2.42 bits per heavy atom. The van der Waals surface area contributed by atoms with Gasteiger partial charge in [-0.1, -0.05) is 29.8 Å². The van der Waals surface area contributed by atoms with E-state index in [1.807, 2.05) is 32.0 Å². The number of aryl methyl sites for hydroxylation is 2. The molecule has 1 aliphatic rings. The number of methoxy groups -OCH3 is 1. The molecule has 0 unspecified atom stereocenters. The highest BCUT2D eigenvalue weighted by Crippen LogP contribution is 2.35. The first-order valence-corrected chi connectivity index (χ1v) is 12.7. The number of esters is 1. The van der Waals surface area contributed by atoms with Crippen LogP contribution in [0.4, 0.5) is 5.69 Å². The molecule has 0 radical (unpaired) electrons. The van der Waals surface area contributed by atoms with E-state index in [0.29, 0.717) is 22.9 Å². The number of allylic oxidation sites excluding steroid dienone is 1. The highest BCUT2D eigenvalue weighted by atomic mass is 32.2. The average molecular weight is 507 g/mol. The maximum absolute atomic E-state index is 13.4. The van der Waals surface area contributed by atoms with Crippen molar-refractivity contribution >= 4 is 33.7 Å². The first-order chi connectivity index (χ1) is 17.1. The summed E-state index contributed by atoms with van der Waals surface area (Å²) < 4.78 is 38.3. The summed E-state index contributed by atoms with van der Waals surface area (Å²) in [5, 5.41) is 0. The minimum Gasteiger partial charge on any atom is -0.465 e. The second kappa shape index (κ2) is 9.96. The maximum atomic E-state index is 13.4. The zero-order valence-corrected chi connectivity index (χ0v) is 21.2. The fourth-order valence-electron chi connectivity index (χ4n) is 3.93. The van der Waals surface area contributed by atoms with Gasteiger partial charge in [0.25, 0.3) is 5.91 Å². The summed E-state index contributed by atoms with van der Waals surface area (Å²) in [4.78, 5) is 27.6. The molecule has 0 bridgehead atoms. The third-order valence-corrected chi connectivity index (χ3v) is 7.20. The van der Waals surface area contributed by atoms with Gasteiger partial charge in [-0.15, -0.1) is 0 Å². The Hall–Kier alpha value is -3.95. The molecule has 0 atom stereocenters. The van der Waals surface area contributed by atoms with Crippen LogP contribution >= 0.6 is 0 Å². The summed E-state index contributed by atoms with van der Waals surface area (Å²) in [7, 11) is -2.47.